The van der Waals surface area contributed by atoms with Crippen LogP contribution in [-0.2, 0) is 4.79 Å². The lowest BCUT2D eigenvalue weighted by molar-refractivity contribution is -0.143. The average Bonchev–Trinajstić information content (AvgIpc) is 2.69. The van der Waals surface area contributed by atoms with Crippen molar-refractivity contribution in [3.63, 3.8) is 0 Å². The predicted molar refractivity (Wildman–Crippen MR) is 99.7 cm³/mol. The van der Waals surface area contributed by atoms with E-state index in [0.29, 0.717) is 36.6 Å². The Bertz CT molecular complexity index is 811. The van der Waals surface area contributed by atoms with Gasteiger partial charge in [0.1, 0.15) is 17.3 Å². The molecule has 0 aliphatic carbocycles. The third-order valence-electron chi connectivity index (χ3n) is 5.10. The van der Waals surface area contributed by atoms with E-state index in [1.54, 1.807) is 44.6 Å². The second kappa shape index (κ2) is 8.39. The molecule has 0 spiro atoms. The predicted octanol–water partition coefficient (Wildman–Crippen LogP) is 3.73. The normalized spacial score (nSPS) is 18.7. The van der Waals surface area contributed by atoms with Gasteiger partial charge in [0.15, 0.2) is 0 Å². The van der Waals surface area contributed by atoms with E-state index in [9.17, 15) is 14.3 Å². The molecule has 2 aromatic carbocycles. The van der Waals surface area contributed by atoms with Crippen molar-refractivity contribution in [1.29, 1.82) is 0 Å². The van der Waals surface area contributed by atoms with Crippen LogP contribution >= 0.6 is 0 Å². The van der Waals surface area contributed by atoms with Crippen LogP contribution < -0.4 is 9.47 Å². The molecule has 6 heteroatoms. The van der Waals surface area contributed by atoms with Crippen LogP contribution in [0.5, 0.6) is 11.5 Å². The van der Waals surface area contributed by atoms with E-state index >= 15 is 0 Å². The van der Waals surface area contributed by atoms with Crippen LogP contribution in [-0.4, -0.2) is 43.3 Å². The number of carboxylic acid groups (broad SMARTS) is 1. The highest BCUT2D eigenvalue weighted by atomic mass is 19.1. The summed E-state index contributed by atoms with van der Waals surface area (Å²) in [6, 6.07) is 11.6. The van der Waals surface area contributed by atoms with Crippen molar-refractivity contribution in [1.82, 2.24) is 4.90 Å². The molecule has 3 rings (SSSR count). The van der Waals surface area contributed by atoms with Gasteiger partial charge in [0.05, 0.1) is 26.2 Å². The third-order valence-corrected chi connectivity index (χ3v) is 5.10. The Hall–Kier alpha value is -2.60. The molecule has 2 aromatic rings. The highest BCUT2D eigenvalue weighted by molar-refractivity contribution is 5.70. The number of hydrogen-bond acceptors (Lipinski definition) is 4. The van der Waals surface area contributed by atoms with E-state index in [0.717, 1.165) is 12.0 Å². The monoisotopic (exact) mass is 373 g/mol. The first-order chi connectivity index (χ1) is 13.0. The highest BCUT2D eigenvalue weighted by Crippen LogP contribution is 2.39. The second-order valence-corrected chi connectivity index (χ2v) is 6.70. The van der Waals surface area contributed by atoms with Gasteiger partial charge in [-0.05, 0) is 43.7 Å². The molecule has 144 valence electrons. The number of likely N-dealkylation sites (tertiary alicyclic amines) is 1. The van der Waals surface area contributed by atoms with Gasteiger partial charge in [-0.2, -0.15) is 0 Å². The van der Waals surface area contributed by atoms with Crippen LogP contribution in [0.2, 0.25) is 0 Å². The van der Waals surface area contributed by atoms with E-state index in [-0.39, 0.29) is 5.82 Å². The SMILES string of the molecule is COc1ccc(OC)c(C(c2ccccc2F)N2CCCC(C(=O)O)C2)c1. The van der Waals surface area contributed by atoms with Crippen molar-refractivity contribution >= 4 is 5.97 Å². The fourth-order valence-corrected chi connectivity index (χ4v) is 3.75. The Morgan fingerprint density at radius 3 is 2.63 bits per heavy atom. The molecular formula is C21H24FNO4. The standard InChI is InChI=1S/C21H24FNO4/c1-26-15-9-10-19(27-2)17(12-15)20(16-7-3-4-8-18(16)22)23-11-5-6-14(13-23)21(24)25/h3-4,7-10,12,14,20H,5-6,11,13H2,1-2H3,(H,24,25). The second-order valence-electron chi connectivity index (χ2n) is 6.70. The fraction of sp³-hybridized carbons (Fsp3) is 0.381. The van der Waals surface area contributed by atoms with Crippen LogP contribution in [0.15, 0.2) is 42.5 Å². The summed E-state index contributed by atoms with van der Waals surface area (Å²) in [7, 11) is 3.14. The van der Waals surface area contributed by atoms with Gasteiger partial charge in [-0.25, -0.2) is 4.39 Å². The van der Waals surface area contributed by atoms with E-state index in [1.165, 1.54) is 6.07 Å². The average molecular weight is 373 g/mol. The molecule has 1 heterocycles. The molecule has 0 aromatic heterocycles. The Morgan fingerprint density at radius 2 is 1.96 bits per heavy atom. The van der Waals surface area contributed by atoms with Gasteiger partial charge in [-0.3, -0.25) is 9.69 Å². The first kappa shape index (κ1) is 19.2. The van der Waals surface area contributed by atoms with Crippen molar-refractivity contribution < 1.29 is 23.8 Å². The number of carbonyl (C=O) groups is 1. The van der Waals surface area contributed by atoms with Crippen LogP contribution in [0.25, 0.3) is 0 Å². The number of piperidine rings is 1. The number of methoxy groups -OCH3 is 2. The van der Waals surface area contributed by atoms with Crippen molar-refractivity contribution in [2.45, 2.75) is 18.9 Å². The lowest BCUT2D eigenvalue weighted by Gasteiger charge is -2.38. The quantitative estimate of drug-likeness (QED) is 0.836. The number of aliphatic carboxylic acids is 1. The maximum absolute atomic E-state index is 14.7. The molecule has 0 bridgehead atoms. The number of halogens is 1. The topological polar surface area (TPSA) is 59.0 Å². The number of hydrogen-bond donors (Lipinski definition) is 1. The zero-order chi connectivity index (χ0) is 19.4. The van der Waals surface area contributed by atoms with Gasteiger partial charge in [-0.15, -0.1) is 0 Å². The number of nitrogens with zero attached hydrogens (tertiary/aromatic N) is 1. The van der Waals surface area contributed by atoms with Crippen molar-refractivity contribution in [2.75, 3.05) is 27.3 Å². The van der Waals surface area contributed by atoms with Crippen LogP contribution in [0.1, 0.15) is 30.0 Å². The van der Waals surface area contributed by atoms with Gasteiger partial charge < -0.3 is 14.6 Å². The zero-order valence-electron chi connectivity index (χ0n) is 15.5. The molecule has 1 aliphatic rings. The van der Waals surface area contributed by atoms with Crippen LogP contribution in [0.3, 0.4) is 0 Å². The molecule has 2 atom stereocenters. The minimum absolute atomic E-state index is 0.329. The summed E-state index contributed by atoms with van der Waals surface area (Å²) in [5.74, 6) is -0.362. The molecular weight excluding hydrogens is 349 g/mol. The molecule has 0 radical (unpaired) electrons. The minimum Gasteiger partial charge on any atom is -0.497 e. The summed E-state index contributed by atoms with van der Waals surface area (Å²) in [6.45, 7) is 1.04. The Morgan fingerprint density at radius 1 is 1.19 bits per heavy atom. The summed E-state index contributed by atoms with van der Waals surface area (Å²) >= 11 is 0. The summed E-state index contributed by atoms with van der Waals surface area (Å²) < 4.78 is 25.6. The minimum atomic E-state index is -0.815. The van der Waals surface area contributed by atoms with Gasteiger partial charge in [-0.1, -0.05) is 18.2 Å². The maximum Gasteiger partial charge on any atom is 0.307 e. The van der Waals surface area contributed by atoms with Gasteiger partial charge in [0, 0.05) is 17.7 Å². The van der Waals surface area contributed by atoms with Crippen LogP contribution in [0.4, 0.5) is 4.39 Å². The number of carboxylic acids is 1. The van der Waals surface area contributed by atoms with Crippen molar-refractivity contribution in [3.8, 4) is 11.5 Å². The molecule has 0 saturated carbocycles. The number of rotatable bonds is 6. The Kier molecular flexibility index (Phi) is 5.96. The van der Waals surface area contributed by atoms with Gasteiger partial charge in [0.2, 0.25) is 0 Å². The van der Waals surface area contributed by atoms with E-state index in [2.05, 4.69) is 0 Å². The van der Waals surface area contributed by atoms with E-state index in [4.69, 9.17) is 9.47 Å². The van der Waals surface area contributed by atoms with E-state index in [1.807, 2.05) is 11.0 Å². The van der Waals surface area contributed by atoms with Crippen molar-refractivity contribution in [3.05, 3.63) is 59.4 Å². The van der Waals surface area contributed by atoms with E-state index < -0.39 is 17.9 Å². The molecule has 5 nitrogen and oxygen atoms in total. The fourth-order valence-electron chi connectivity index (χ4n) is 3.75. The molecule has 2 unspecified atom stereocenters. The largest absolute Gasteiger partial charge is 0.497 e. The summed E-state index contributed by atoms with van der Waals surface area (Å²) in [5.41, 5.74) is 1.25. The molecule has 1 saturated heterocycles. The Labute approximate surface area is 158 Å². The number of benzene rings is 2. The molecule has 1 N–H and O–H groups in total. The first-order valence-electron chi connectivity index (χ1n) is 8.98. The summed E-state index contributed by atoms with van der Waals surface area (Å²) in [4.78, 5) is 13.6. The lowest BCUT2D eigenvalue weighted by atomic mass is 9.90. The van der Waals surface area contributed by atoms with Gasteiger partial charge >= 0.3 is 5.97 Å². The zero-order valence-corrected chi connectivity index (χ0v) is 15.5. The van der Waals surface area contributed by atoms with Crippen LogP contribution in [0, 0.1) is 11.7 Å². The molecule has 1 fully saturated rings. The molecule has 1 aliphatic heterocycles. The first-order valence-corrected chi connectivity index (χ1v) is 8.98. The summed E-state index contributed by atoms with van der Waals surface area (Å²) in [6.07, 6.45) is 1.37. The number of ether oxygens (including phenoxy) is 2. The Balaban J connectivity index is 2.11. The smallest absolute Gasteiger partial charge is 0.307 e. The van der Waals surface area contributed by atoms with Gasteiger partial charge in [0.25, 0.3) is 0 Å². The van der Waals surface area contributed by atoms with Crippen molar-refractivity contribution in [2.24, 2.45) is 5.92 Å². The lowest BCUT2D eigenvalue weighted by Crippen LogP contribution is -2.41. The highest BCUT2D eigenvalue weighted by Gasteiger charge is 2.34. The summed E-state index contributed by atoms with van der Waals surface area (Å²) in [5, 5.41) is 9.47. The third kappa shape index (κ3) is 4.06. The molecule has 27 heavy (non-hydrogen) atoms. The molecule has 0 amide bonds. The maximum atomic E-state index is 14.7.